The van der Waals surface area contributed by atoms with Gasteiger partial charge >= 0.3 is 6.09 Å². The first-order valence-electron chi connectivity index (χ1n) is 10.4. The first-order chi connectivity index (χ1) is 15.1. The lowest BCUT2D eigenvalue weighted by atomic mass is 9.98. The second kappa shape index (κ2) is 11.4. The van der Waals surface area contributed by atoms with Gasteiger partial charge in [-0.25, -0.2) is 4.79 Å². The SMILES string of the molecule is CCCCC(/C=C1\SC(=O)NC1=O)CCNC(=O)Oc1ccccc1-c1ccccc1. The van der Waals surface area contributed by atoms with Crippen LogP contribution in [0, 0.1) is 5.92 Å². The Labute approximate surface area is 186 Å². The van der Waals surface area contributed by atoms with Crippen LogP contribution in [0.15, 0.2) is 65.6 Å². The van der Waals surface area contributed by atoms with Crippen LogP contribution in [0.1, 0.15) is 32.6 Å². The second-order valence-electron chi connectivity index (χ2n) is 7.24. The Kier molecular flexibility index (Phi) is 8.29. The monoisotopic (exact) mass is 438 g/mol. The van der Waals surface area contributed by atoms with E-state index in [1.807, 2.05) is 54.6 Å². The summed E-state index contributed by atoms with van der Waals surface area (Å²) in [5.41, 5.74) is 1.82. The summed E-state index contributed by atoms with van der Waals surface area (Å²) >= 11 is 0.926. The van der Waals surface area contributed by atoms with E-state index in [9.17, 15) is 14.4 Å². The third-order valence-corrected chi connectivity index (χ3v) is 5.75. The predicted molar refractivity (Wildman–Crippen MR) is 123 cm³/mol. The zero-order valence-corrected chi connectivity index (χ0v) is 18.2. The van der Waals surface area contributed by atoms with E-state index in [0.717, 1.165) is 42.2 Å². The van der Waals surface area contributed by atoms with E-state index in [4.69, 9.17) is 4.74 Å². The fourth-order valence-electron chi connectivity index (χ4n) is 3.33. The Morgan fingerprint density at radius 1 is 1.10 bits per heavy atom. The molecule has 1 unspecified atom stereocenters. The van der Waals surface area contributed by atoms with Gasteiger partial charge in [0.2, 0.25) is 0 Å². The molecule has 2 aromatic carbocycles. The van der Waals surface area contributed by atoms with Gasteiger partial charge in [-0.15, -0.1) is 0 Å². The topological polar surface area (TPSA) is 84.5 Å². The van der Waals surface area contributed by atoms with Gasteiger partial charge in [0.05, 0.1) is 4.91 Å². The molecule has 6 nitrogen and oxygen atoms in total. The molecule has 2 aromatic rings. The van der Waals surface area contributed by atoms with E-state index < -0.39 is 6.09 Å². The van der Waals surface area contributed by atoms with Crippen molar-refractivity contribution in [1.29, 1.82) is 0 Å². The summed E-state index contributed by atoms with van der Waals surface area (Å²) in [6, 6.07) is 17.2. The van der Waals surface area contributed by atoms with Gasteiger partial charge in [0.15, 0.2) is 0 Å². The quantitative estimate of drug-likeness (QED) is 0.505. The van der Waals surface area contributed by atoms with Gasteiger partial charge in [-0.1, -0.05) is 74.4 Å². The van der Waals surface area contributed by atoms with E-state index >= 15 is 0 Å². The van der Waals surface area contributed by atoms with Crippen molar-refractivity contribution in [3.05, 3.63) is 65.6 Å². The van der Waals surface area contributed by atoms with Gasteiger partial charge in [0.25, 0.3) is 11.1 Å². The number of carbonyl (C=O) groups is 3. The molecule has 1 fully saturated rings. The van der Waals surface area contributed by atoms with Gasteiger partial charge in [-0.05, 0) is 42.2 Å². The van der Waals surface area contributed by atoms with Crippen LogP contribution in [0.4, 0.5) is 9.59 Å². The molecule has 31 heavy (non-hydrogen) atoms. The highest BCUT2D eigenvalue weighted by molar-refractivity contribution is 8.18. The van der Waals surface area contributed by atoms with Crippen molar-refractivity contribution in [3.63, 3.8) is 0 Å². The largest absolute Gasteiger partial charge is 0.412 e. The number of amides is 3. The number of carbonyl (C=O) groups excluding carboxylic acids is 3. The van der Waals surface area contributed by atoms with E-state index in [1.165, 1.54) is 0 Å². The summed E-state index contributed by atoms with van der Waals surface area (Å²) < 4.78 is 5.55. The van der Waals surface area contributed by atoms with Gasteiger partial charge < -0.3 is 10.1 Å². The zero-order valence-electron chi connectivity index (χ0n) is 17.4. The molecule has 1 atom stereocenters. The molecule has 162 valence electrons. The van der Waals surface area contributed by atoms with E-state index in [-0.39, 0.29) is 17.1 Å². The number of benzene rings is 2. The highest BCUT2D eigenvalue weighted by Crippen LogP contribution is 2.30. The predicted octanol–water partition coefficient (Wildman–Crippen LogP) is 5.51. The molecule has 3 amide bonds. The minimum absolute atomic E-state index is 0.0935. The summed E-state index contributed by atoms with van der Waals surface area (Å²) in [5, 5.41) is 4.73. The Morgan fingerprint density at radius 3 is 2.55 bits per heavy atom. The average Bonchev–Trinajstić information content (AvgIpc) is 3.09. The Hall–Kier alpha value is -3.06. The molecule has 1 aliphatic rings. The molecule has 0 aromatic heterocycles. The fourth-order valence-corrected chi connectivity index (χ4v) is 4.08. The molecule has 3 rings (SSSR count). The van der Waals surface area contributed by atoms with E-state index in [1.54, 1.807) is 6.07 Å². The number of ether oxygens (including phenoxy) is 1. The first kappa shape index (κ1) is 22.6. The number of hydrogen-bond acceptors (Lipinski definition) is 5. The van der Waals surface area contributed by atoms with Gasteiger partial charge in [-0.2, -0.15) is 0 Å². The van der Waals surface area contributed by atoms with Crippen molar-refractivity contribution in [2.24, 2.45) is 5.92 Å². The van der Waals surface area contributed by atoms with Crippen LogP contribution in [-0.2, 0) is 4.79 Å². The number of hydrogen-bond donors (Lipinski definition) is 2. The van der Waals surface area contributed by atoms with Crippen LogP contribution >= 0.6 is 11.8 Å². The summed E-state index contributed by atoms with van der Waals surface area (Å²) in [6.07, 6.45) is 4.90. The van der Waals surface area contributed by atoms with Crippen LogP contribution in [0.5, 0.6) is 5.75 Å². The third kappa shape index (κ3) is 6.72. The molecule has 1 heterocycles. The molecule has 7 heteroatoms. The lowest BCUT2D eigenvalue weighted by Crippen LogP contribution is -2.29. The maximum absolute atomic E-state index is 12.4. The van der Waals surface area contributed by atoms with Crippen molar-refractivity contribution >= 4 is 29.0 Å². The Bertz CT molecular complexity index is 959. The highest BCUT2D eigenvalue weighted by atomic mass is 32.2. The molecule has 2 N–H and O–H groups in total. The smallest absolute Gasteiger partial charge is 0.410 e. The summed E-state index contributed by atoms with van der Waals surface area (Å²) in [7, 11) is 0. The number of unbranched alkanes of at least 4 members (excludes halogenated alkanes) is 1. The van der Waals surface area contributed by atoms with Crippen LogP contribution in [0.2, 0.25) is 0 Å². The molecule has 1 saturated heterocycles. The number of para-hydroxylation sites is 1. The zero-order chi connectivity index (χ0) is 22.1. The number of allylic oxidation sites excluding steroid dienone is 1. The standard InChI is InChI=1S/C24H26N2O4S/c1-2-3-9-17(16-21-22(27)26-24(29)31-21)14-15-25-23(28)30-20-13-8-7-12-19(20)18-10-5-4-6-11-18/h4-8,10-13,16-17H,2-3,9,14-15H2,1H3,(H,25,28)(H,26,27,29)/b21-16-. The van der Waals surface area contributed by atoms with Crippen LogP contribution < -0.4 is 15.4 Å². The second-order valence-corrected chi connectivity index (χ2v) is 8.26. The van der Waals surface area contributed by atoms with Gasteiger partial charge in [-0.3, -0.25) is 14.9 Å². The Balaban J connectivity index is 1.57. The molecular weight excluding hydrogens is 412 g/mol. The maximum Gasteiger partial charge on any atom is 0.412 e. The number of thioether (sulfide) groups is 1. The lowest BCUT2D eigenvalue weighted by molar-refractivity contribution is -0.115. The number of imide groups is 1. The molecular formula is C24H26N2O4S. The molecule has 0 radical (unpaired) electrons. The van der Waals surface area contributed by atoms with Crippen molar-refractivity contribution in [2.75, 3.05) is 6.54 Å². The van der Waals surface area contributed by atoms with Crippen LogP contribution in [0.3, 0.4) is 0 Å². The summed E-state index contributed by atoms with van der Waals surface area (Å²) in [5.74, 6) is 0.241. The third-order valence-electron chi connectivity index (χ3n) is 4.92. The molecule has 0 saturated carbocycles. The van der Waals surface area contributed by atoms with E-state index in [2.05, 4.69) is 17.6 Å². The van der Waals surface area contributed by atoms with Crippen molar-refractivity contribution in [2.45, 2.75) is 32.6 Å². The van der Waals surface area contributed by atoms with Gasteiger partial charge in [0, 0.05) is 12.1 Å². The normalized spacial score (nSPS) is 15.6. The number of nitrogens with one attached hydrogen (secondary N) is 2. The highest BCUT2D eigenvalue weighted by Gasteiger charge is 2.26. The van der Waals surface area contributed by atoms with E-state index in [0.29, 0.717) is 23.6 Å². The van der Waals surface area contributed by atoms with Crippen LogP contribution in [0.25, 0.3) is 11.1 Å². The van der Waals surface area contributed by atoms with Gasteiger partial charge in [0.1, 0.15) is 5.75 Å². The lowest BCUT2D eigenvalue weighted by Gasteiger charge is -2.14. The average molecular weight is 439 g/mol. The maximum atomic E-state index is 12.4. The summed E-state index contributed by atoms with van der Waals surface area (Å²) in [4.78, 5) is 36.0. The Morgan fingerprint density at radius 2 is 1.84 bits per heavy atom. The molecule has 0 bridgehead atoms. The molecule has 0 aliphatic carbocycles. The minimum atomic E-state index is -0.520. The molecule has 0 spiro atoms. The fraction of sp³-hybridized carbons (Fsp3) is 0.292. The minimum Gasteiger partial charge on any atom is -0.410 e. The first-order valence-corrected chi connectivity index (χ1v) is 11.2. The molecule has 1 aliphatic heterocycles. The van der Waals surface area contributed by atoms with Crippen molar-refractivity contribution in [3.8, 4) is 16.9 Å². The number of rotatable bonds is 9. The van der Waals surface area contributed by atoms with Crippen molar-refractivity contribution in [1.82, 2.24) is 10.6 Å². The summed E-state index contributed by atoms with van der Waals surface area (Å²) in [6.45, 7) is 2.51. The van der Waals surface area contributed by atoms with Crippen molar-refractivity contribution < 1.29 is 19.1 Å². The van der Waals surface area contributed by atoms with Crippen LogP contribution in [-0.4, -0.2) is 23.8 Å².